The molecule has 0 aliphatic carbocycles. The van der Waals surface area contributed by atoms with Gasteiger partial charge < -0.3 is 0 Å². The van der Waals surface area contributed by atoms with Gasteiger partial charge in [-0.2, -0.15) is 21.0 Å². The van der Waals surface area contributed by atoms with Gasteiger partial charge in [0.25, 0.3) is 0 Å². The predicted octanol–water partition coefficient (Wildman–Crippen LogP) is 8.30. The molecule has 0 bridgehead atoms. The van der Waals surface area contributed by atoms with E-state index in [1.807, 2.05) is 0 Å². The molecule has 0 atom stereocenters. The fraction of sp³-hybridized carbons (Fsp3) is 0.923. The molecule has 0 saturated heterocycles. The Morgan fingerprint density at radius 2 is 0.613 bits per heavy atom. The average Bonchev–Trinajstić information content (AvgIpc) is 2.51. The Hall–Kier alpha value is 0.710. The van der Waals surface area contributed by atoms with Gasteiger partial charge in [-0.15, -0.1) is 0 Å². The van der Waals surface area contributed by atoms with Crippen molar-refractivity contribution in [2.45, 2.75) is 156 Å². The highest BCUT2D eigenvalue weighted by Gasteiger charge is 2.31. The molecule has 0 unspecified atom stereocenters. The molecule has 0 aromatic carbocycles. The number of hydrogen-bond acceptors (Lipinski definition) is 1. The summed E-state index contributed by atoms with van der Waals surface area (Å²) in [6.45, 7) is 38.4. The highest BCUT2D eigenvalue weighted by atomic mass is 32.2. The Bertz CT molecular complexity index is 512. The largest absolute Gasteiger partial charge is 0.259 e. The summed E-state index contributed by atoms with van der Waals surface area (Å²) in [6.07, 6.45) is 0. The predicted molar refractivity (Wildman–Crippen MR) is 158 cm³/mol. The van der Waals surface area contributed by atoms with Crippen LogP contribution < -0.4 is 0 Å². The summed E-state index contributed by atoms with van der Waals surface area (Å²) in [5, 5.41) is 2.59. The third kappa shape index (κ3) is 9.11. The van der Waals surface area contributed by atoms with Gasteiger partial charge in [0.15, 0.2) is 0 Å². The number of nitrogens with zero attached hydrogens (tertiary/aromatic N) is 2. The van der Waals surface area contributed by atoms with Crippen LogP contribution in [0.1, 0.15) is 111 Å². The van der Waals surface area contributed by atoms with Crippen molar-refractivity contribution in [1.29, 1.82) is 0 Å². The second-order valence-electron chi connectivity index (χ2n) is 10.8. The molecule has 2 nitrogen and oxygen atoms in total. The van der Waals surface area contributed by atoms with Crippen LogP contribution in [0.25, 0.3) is 0 Å². The SMILES string of the molecule is CC(C)N(C(SC(N(C(C)C)C(C)C)=S(C(C)C)C(C)C)=S(C(C)C)C(C)C)C(C)C. The average molecular weight is 493 g/mol. The Morgan fingerprint density at radius 3 is 0.742 bits per heavy atom. The Balaban J connectivity index is 7.29. The van der Waals surface area contributed by atoms with Crippen molar-refractivity contribution in [3.8, 4) is 0 Å². The minimum absolute atomic E-state index is 0.219. The summed E-state index contributed by atoms with van der Waals surface area (Å²) in [5.74, 6) is 0. The van der Waals surface area contributed by atoms with Gasteiger partial charge in [0.2, 0.25) is 0 Å². The normalized spacial score (nSPS) is 13.5. The first-order valence-corrected chi connectivity index (χ1v) is 16.0. The standard InChI is InChI=1S/C26H56N2S3/c1-17(2)27(18(3)4)25(30(21(9)10)22(11)12)29-26(28(19(5)6)20(7)8)31(23(13)14)24(15)16/h17-24H,1-16H3. The summed E-state index contributed by atoms with van der Waals surface area (Å²) in [7, 11) is 0.438. The first-order chi connectivity index (χ1) is 14.1. The van der Waals surface area contributed by atoms with Gasteiger partial charge in [-0.05, 0) is 76.4 Å². The lowest BCUT2D eigenvalue weighted by Crippen LogP contribution is -2.46. The maximum atomic E-state index is 2.73. The second-order valence-corrected chi connectivity index (χ2v) is 18.3. The zero-order valence-electron chi connectivity index (χ0n) is 23.7. The molecular formula is C26H56N2S3. The summed E-state index contributed by atoms with van der Waals surface area (Å²) in [4.78, 5) is 5.46. The van der Waals surface area contributed by atoms with E-state index in [-0.39, 0.29) is 21.0 Å². The summed E-state index contributed by atoms with van der Waals surface area (Å²) >= 11 is 2.16. The van der Waals surface area contributed by atoms with E-state index in [4.69, 9.17) is 0 Å². The molecule has 0 spiro atoms. The molecule has 0 heterocycles. The molecule has 31 heavy (non-hydrogen) atoms. The minimum atomic E-state index is 0.219. The van der Waals surface area contributed by atoms with E-state index in [1.54, 1.807) is 8.64 Å². The van der Waals surface area contributed by atoms with E-state index in [0.29, 0.717) is 45.2 Å². The molecule has 0 rings (SSSR count). The van der Waals surface area contributed by atoms with Crippen molar-refractivity contribution in [2.24, 2.45) is 0 Å². The van der Waals surface area contributed by atoms with E-state index in [2.05, 4.69) is 132 Å². The summed E-state index contributed by atoms with van der Waals surface area (Å²) in [5.41, 5.74) is 0. The lowest BCUT2D eigenvalue weighted by Gasteiger charge is -2.41. The van der Waals surface area contributed by atoms with Gasteiger partial charge in [0, 0.05) is 24.2 Å². The van der Waals surface area contributed by atoms with Gasteiger partial charge in [-0.1, -0.05) is 67.2 Å². The van der Waals surface area contributed by atoms with Crippen LogP contribution in [0.4, 0.5) is 0 Å². The molecule has 0 radical (unpaired) electrons. The van der Waals surface area contributed by atoms with Crippen LogP contribution in [0.15, 0.2) is 0 Å². The summed E-state index contributed by atoms with van der Waals surface area (Å²) in [6, 6.07) is 2.01. The fourth-order valence-corrected chi connectivity index (χ4v) is 14.5. The van der Waals surface area contributed by atoms with E-state index in [0.717, 1.165) is 0 Å². The van der Waals surface area contributed by atoms with Crippen molar-refractivity contribution in [3.05, 3.63) is 0 Å². The number of hydrogen-bond donors (Lipinski definition) is 0. The van der Waals surface area contributed by atoms with Crippen molar-refractivity contribution in [3.63, 3.8) is 0 Å². The van der Waals surface area contributed by atoms with Crippen molar-refractivity contribution in [1.82, 2.24) is 9.80 Å². The minimum Gasteiger partial charge on any atom is -0.259 e. The smallest absolute Gasteiger partial charge is 0.0831 e. The van der Waals surface area contributed by atoms with Crippen LogP contribution >= 0.6 is 32.7 Å². The Morgan fingerprint density at radius 1 is 0.419 bits per heavy atom. The van der Waals surface area contributed by atoms with E-state index >= 15 is 0 Å². The Kier molecular flexibility index (Phi) is 14.5. The first kappa shape index (κ1) is 31.7. The quantitative estimate of drug-likeness (QED) is 0.315. The van der Waals surface area contributed by atoms with Crippen LogP contribution in [0, 0.1) is 0 Å². The van der Waals surface area contributed by atoms with Crippen LogP contribution in [0.5, 0.6) is 0 Å². The summed E-state index contributed by atoms with van der Waals surface area (Å²) < 4.78 is 3.24. The zero-order valence-corrected chi connectivity index (χ0v) is 26.2. The molecule has 0 saturated carbocycles. The highest BCUT2D eigenvalue weighted by molar-refractivity contribution is 8.47. The van der Waals surface area contributed by atoms with Gasteiger partial charge >= 0.3 is 0 Å². The number of thioether (sulfide) groups is 1. The molecule has 0 amide bonds. The lowest BCUT2D eigenvalue weighted by molar-refractivity contribution is 0.300. The number of rotatable bonds is 8. The van der Waals surface area contributed by atoms with Crippen molar-refractivity contribution >= 4 is 41.4 Å². The molecular weight excluding hydrogens is 437 g/mol. The van der Waals surface area contributed by atoms with E-state index in [1.165, 1.54) is 0 Å². The highest BCUT2D eigenvalue weighted by Crippen LogP contribution is 2.41. The molecule has 0 aliphatic rings. The lowest BCUT2D eigenvalue weighted by atomic mass is 10.2. The van der Waals surface area contributed by atoms with Crippen LogP contribution in [0.2, 0.25) is 0 Å². The molecule has 0 aromatic rings. The molecule has 0 fully saturated rings. The molecule has 188 valence electrons. The molecule has 0 N–H and O–H groups in total. The van der Waals surface area contributed by atoms with Crippen LogP contribution in [-0.2, 0) is 0 Å². The van der Waals surface area contributed by atoms with Crippen LogP contribution in [0.3, 0.4) is 0 Å². The van der Waals surface area contributed by atoms with E-state index < -0.39 is 0 Å². The first-order valence-electron chi connectivity index (χ1n) is 12.5. The molecule has 0 aromatic heterocycles. The molecule has 5 heteroatoms. The third-order valence-electron chi connectivity index (χ3n) is 5.26. The van der Waals surface area contributed by atoms with Crippen LogP contribution in [-0.4, -0.2) is 63.6 Å². The van der Waals surface area contributed by atoms with Crippen molar-refractivity contribution in [2.75, 3.05) is 0 Å². The van der Waals surface area contributed by atoms with Crippen molar-refractivity contribution < 1.29 is 0 Å². The van der Waals surface area contributed by atoms with Gasteiger partial charge in [0.1, 0.15) is 0 Å². The maximum Gasteiger partial charge on any atom is 0.0831 e. The fourth-order valence-electron chi connectivity index (χ4n) is 4.45. The second kappa shape index (κ2) is 14.2. The van der Waals surface area contributed by atoms with Gasteiger partial charge in [-0.3, -0.25) is 9.80 Å². The monoisotopic (exact) mass is 492 g/mol. The van der Waals surface area contributed by atoms with Gasteiger partial charge in [-0.25, -0.2) is 0 Å². The molecule has 0 aliphatic heterocycles. The topological polar surface area (TPSA) is 6.48 Å². The third-order valence-corrected chi connectivity index (χ3v) is 13.0. The van der Waals surface area contributed by atoms with Gasteiger partial charge in [0.05, 0.1) is 8.64 Å². The maximum absolute atomic E-state index is 2.73. The van der Waals surface area contributed by atoms with E-state index in [9.17, 15) is 0 Å². The zero-order chi connectivity index (χ0) is 24.8. The Labute approximate surface area is 206 Å².